The van der Waals surface area contributed by atoms with Crippen LogP contribution in [0.3, 0.4) is 0 Å². The van der Waals surface area contributed by atoms with Crippen LogP contribution in [0.2, 0.25) is 0 Å². The molecule has 0 aliphatic heterocycles. The third-order valence-electron chi connectivity index (χ3n) is 3.98. The molecule has 1 saturated carbocycles. The zero-order chi connectivity index (χ0) is 14.1. The number of nitrogens with zero attached hydrogens (tertiary/aromatic N) is 2. The Morgan fingerprint density at radius 1 is 1.33 bits per heavy atom. The summed E-state index contributed by atoms with van der Waals surface area (Å²) in [6.45, 7) is 1.55. The van der Waals surface area contributed by atoms with Gasteiger partial charge in [0.2, 0.25) is 10.0 Å². The maximum Gasteiger partial charge on any atom is 0.323 e. The fourth-order valence-corrected chi connectivity index (χ4v) is 3.45. The number of hydrogen-bond acceptors (Lipinski definition) is 4. The van der Waals surface area contributed by atoms with Gasteiger partial charge < -0.3 is 10.0 Å². The fourth-order valence-electron chi connectivity index (χ4n) is 2.23. The minimum atomic E-state index is -3.77. The summed E-state index contributed by atoms with van der Waals surface area (Å²) in [6, 6.07) is 0. The highest BCUT2D eigenvalue weighted by Crippen LogP contribution is 2.37. The van der Waals surface area contributed by atoms with Gasteiger partial charge in [0.15, 0.2) is 5.25 Å². The topological polar surface area (TPSA) is 77.9 Å². The summed E-state index contributed by atoms with van der Waals surface area (Å²) in [5, 5.41) is 7.43. The van der Waals surface area contributed by atoms with Crippen LogP contribution in [-0.4, -0.2) is 67.2 Å². The molecule has 0 spiro atoms. The van der Waals surface area contributed by atoms with Crippen molar-refractivity contribution in [2.45, 2.75) is 37.0 Å². The average Bonchev–Trinajstić information content (AvgIpc) is 2.20. The minimum absolute atomic E-state index is 0.139. The zero-order valence-corrected chi connectivity index (χ0v) is 12.2. The summed E-state index contributed by atoms with van der Waals surface area (Å²) >= 11 is 0. The number of carboxylic acid groups (broad SMARTS) is 1. The van der Waals surface area contributed by atoms with E-state index in [-0.39, 0.29) is 5.54 Å². The van der Waals surface area contributed by atoms with Gasteiger partial charge >= 0.3 is 5.97 Å². The maximum atomic E-state index is 12.0. The summed E-state index contributed by atoms with van der Waals surface area (Å²) in [7, 11) is 1.54. The van der Waals surface area contributed by atoms with Gasteiger partial charge in [0.05, 0.1) is 0 Å². The van der Waals surface area contributed by atoms with Crippen molar-refractivity contribution in [3.05, 3.63) is 0 Å². The van der Waals surface area contributed by atoms with Gasteiger partial charge in [0.25, 0.3) is 0 Å². The van der Waals surface area contributed by atoms with Crippen LogP contribution in [-0.2, 0) is 14.8 Å². The number of sulfonamides is 1. The van der Waals surface area contributed by atoms with E-state index in [1.165, 1.54) is 18.3 Å². The summed E-state index contributed by atoms with van der Waals surface area (Å²) in [5.74, 6) is -1.31. The number of hydrogen-bond donors (Lipinski definition) is 1. The molecule has 0 bridgehead atoms. The molecule has 1 unspecified atom stereocenters. The molecule has 0 heterocycles. The van der Waals surface area contributed by atoms with Gasteiger partial charge in [0, 0.05) is 19.1 Å². The molecule has 1 atom stereocenters. The molecule has 7 heteroatoms. The highest BCUT2D eigenvalue weighted by molar-refractivity contribution is 7.90. The van der Waals surface area contributed by atoms with Crippen molar-refractivity contribution < 1.29 is 18.3 Å². The van der Waals surface area contributed by atoms with Gasteiger partial charge in [-0.05, 0) is 40.3 Å². The number of rotatable bonds is 6. The Balaban J connectivity index is 2.82. The van der Waals surface area contributed by atoms with E-state index in [1.54, 1.807) is 0 Å². The van der Waals surface area contributed by atoms with Crippen LogP contribution in [0.4, 0.5) is 0 Å². The van der Waals surface area contributed by atoms with E-state index in [1.807, 2.05) is 19.0 Å². The zero-order valence-electron chi connectivity index (χ0n) is 11.4. The third-order valence-corrected chi connectivity index (χ3v) is 6.07. The number of carboxylic acids is 1. The lowest BCUT2D eigenvalue weighted by Crippen LogP contribution is -2.58. The predicted octanol–water partition coefficient (Wildman–Crippen LogP) is 0.205. The van der Waals surface area contributed by atoms with E-state index in [0.717, 1.165) is 19.3 Å². The third kappa shape index (κ3) is 2.67. The molecule has 18 heavy (non-hydrogen) atoms. The van der Waals surface area contributed by atoms with E-state index in [9.17, 15) is 13.2 Å². The molecular weight excluding hydrogens is 256 g/mol. The summed E-state index contributed by atoms with van der Waals surface area (Å²) in [5.41, 5.74) is -0.139. The maximum absolute atomic E-state index is 12.0. The van der Waals surface area contributed by atoms with Crippen molar-refractivity contribution in [1.29, 1.82) is 0 Å². The lowest BCUT2D eigenvalue weighted by Gasteiger charge is -2.49. The van der Waals surface area contributed by atoms with E-state index in [4.69, 9.17) is 5.11 Å². The lowest BCUT2D eigenvalue weighted by molar-refractivity contribution is -0.136. The first kappa shape index (κ1) is 15.4. The second-order valence-electron chi connectivity index (χ2n) is 5.25. The molecule has 0 radical (unpaired) electrons. The van der Waals surface area contributed by atoms with Crippen molar-refractivity contribution in [1.82, 2.24) is 9.21 Å². The molecule has 0 aromatic rings. The Morgan fingerprint density at radius 2 is 1.83 bits per heavy atom. The highest BCUT2D eigenvalue weighted by Gasteiger charge is 2.43. The quantitative estimate of drug-likeness (QED) is 0.751. The summed E-state index contributed by atoms with van der Waals surface area (Å²) in [6.07, 6.45) is 2.98. The van der Waals surface area contributed by atoms with Gasteiger partial charge in [-0.15, -0.1) is 0 Å². The van der Waals surface area contributed by atoms with Crippen molar-refractivity contribution in [2.75, 3.05) is 27.7 Å². The predicted molar refractivity (Wildman–Crippen MR) is 68.9 cm³/mol. The van der Waals surface area contributed by atoms with Crippen LogP contribution >= 0.6 is 0 Å². The molecule has 6 nitrogen and oxygen atoms in total. The van der Waals surface area contributed by atoms with Crippen LogP contribution in [0.25, 0.3) is 0 Å². The average molecular weight is 278 g/mol. The molecule has 0 amide bonds. The molecule has 0 saturated heterocycles. The molecule has 1 fully saturated rings. The van der Waals surface area contributed by atoms with E-state index < -0.39 is 21.2 Å². The Bertz CT molecular complexity index is 415. The van der Waals surface area contributed by atoms with Crippen molar-refractivity contribution >= 4 is 16.0 Å². The van der Waals surface area contributed by atoms with E-state index in [0.29, 0.717) is 6.54 Å². The first-order valence-electron chi connectivity index (χ1n) is 5.99. The van der Waals surface area contributed by atoms with E-state index >= 15 is 0 Å². The van der Waals surface area contributed by atoms with Crippen LogP contribution in [0, 0.1) is 0 Å². The Labute approximate surface area is 109 Å². The minimum Gasteiger partial charge on any atom is -0.480 e. The number of carbonyl (C=O) groups is 1. The van der Waals surface area contributed by atoms with Crippen molar-refractivity contribution in [3.8, 4) is 0 Å². The first-order chi connectivity index (χ1) is 8.13. The summed E-state index contributed by atoms with van der Waals surface area (Å²) in [4.78, 5) is 12.9. The second kappa shape index (κ2) is 5.14. The largest absolute Gasteiger partial charge is 0.480 e. The second-order valence-corrected chi connectivity index (χ2v) is 7.61. The molecule has 1 rings (SSSR count). The highest BCUT2D eigenvalue weighted by atomic mass is 32.2. The van der Waals surface area contributed by atoms with Crippen LogP contribution < -0.4 is 0 Å². The fraction of sp³-hybridized carbons (Fsp3) is 0.909. The normalized spacial score (nSPS) is 20.8. The number of likely N-dealkylation sites (N-methyl/N-ethyl adjacent to an activating group) is 2. The molecule has 1 N–H and O–H groups in total. The Hall–Kier alpha value is -0.660. The smallest absolute Gasteiger partial charge is 0.323 e. The van der Waals surface area contributed by atoms with Gasteiger partial charge in [-0.3, -0.25) is 4.79 Å². The molecular formula is C11H22N2O4S. The van der Waals surface area contributed by atoms with Crippen LogP contribution in [0.5, 0.6) is 0 Å². The van der Waals surface area contributed by atoms with E-state index in [2.05, 4.69) is 0 Å². The molecule has 1 aliphatic rings. The van der Waals surface area contributed by atoms with Crippen LogP contribution in [0.15, 0.2) is 0 Å². The molecule has 0 aromatic heterocycles. The first-order valence-corrected chi connectivity index (χ1v) is 7.49. The van der Waals surface area contributed by atoms with Gasteiger partial charge in [-0.1, -0.05) is 0 Å². The molecule has 0 aromatic carbocycles. The lowest BCUT2D eigenvalue weighted by atomic mass is 9.75. The monoisotopic (exact) mass is 278 g/mol. The standard InChI is InChI=1S/C11H22N2O4S/c1-9(10(14)15)18(16,17)13(4)8-11(12(2)3)6-5-7-11/h9H,5-8H2,1-4H3,(H,14,15). The molecule has 1 aliphatic carbocycles. The Morgan fingerprint density at radius 3 is 2.11 bits per heavy atom. The van der Waals surface area contributed by atoms with Gasteiger partial charge in [-0.2, -0.15) is 0 Å². The van der Waals surface area contributed by atoms with Gasteiger partial charge in [-0.25, -0.2) is 12.7 Å². The number of aliphatic carboxylic acids is 1. The van der Waals surface area contributed by atoms with Crippen molar-refractivity contribution in [2.24, 2.45) is 0 Å². The Kier molecular flexibility index (Phi) is 4.40. The van der Waals surface area contributed by atoms with Crippen molar-refractivity contribution in [3.63, 3.8) is 0 Å². The van der Waals surface area contributed by atoms with Crippen LogP contribution in [0.1, 0.15) is 26.2 Å². The molecule has 106 valence electrons. The SMILES string of the molecule is CC(C(=O)O)S(=O)(=O)N(C)CC1(N(C)C)CCC1. The summed E-state index contributed by atoms with van der Waals surface area (Å²) < 4.78 is 25.3. The van der Waals surface area contributed by atoms with Gasteiger partial charge in [0.1, 0.15) is 0 Å².